The van der Waals surface area contributed by atoms with Gasteiger partial charge in [-0.3, -0.25) is 0 Å². The van der Waals surface area contributed by atoms with E-state index in [1.165, 1.54) is 13.8 Å². The average Bonchev–Trinajstić information content (AvgIpc) is 2.59. The highest BCUT2D eigenvalue weighted by atomic mass is 19.1. The third-order valence-corrected chi connectivity index (χ3v) is 1.78. The number of carbonyl (C=O) groups excluding carboxylic acids is 1. The molecule has 0 saturated carbocycles. The van der Waals surface area contributed by atoms with Crippen LogP contribution in [0.1, 0.15) is 18.8 Å². The minimum atomic E-state index is -2.16. The van der Waals surface area contributed by atoms with Crippen LogP contribution in [0.2, 0.25) is 0 Å². The summed E-state index contributed by atoms with van der Waals surface area (Å²) in [7, 11) is 0. The van der Waals surface area contributed by atoms with Crippen molar-refractivity contribution in [3.63, 3.8) is 0 Å². The summed E-state index contributed by atoms with van der Waals surface area (Å²) >= 11 is 0. The van der Waals surface area contributed by atoms with Crippen molar-refractivity contribution in [3.05, 3.63) is 21.9 Å². The molecular weight excluding hydrogens is 221 g/mol. The van der Waals surface area contributed by atoms with Crippen LogP contribution < -0.4 is 0 Å². The lowest BCUT2D eigenvalue weighted by molar-refractivity contribution is -0.390. The fraction of sp³-hybridized carbons (Fsp3) is 0.500. The first-order chi connectivity index (χ1) is 7.47. The van der Waals surface area contributed by atoms with Gasteiger partial charge in [-0.05, 0) is 18.8 Å². The lowest BCUT2D eigenvalue weighted by atomic mass is 10.4. The average molecular weight is 231 g/mol. The Morgan fingerprint density at radius 3 is 2.88 bits per heavy atom. The molecule has 0 N–H and O–H groups in total. The van der Waals surface area contributed by atoms with E-state index in [-0.39, 0.29) is 12.2 Å². The minimum absolute atomic E-state index is 0.0294. The third-order valence-electron chi connectivity index (χ3n) is 1.78. The Labute approximate surface area is 90.0 Å². The summed E-state index contributed by atoms with van der Waals surface area (Å²) in [6.07, 6.45) is -1.08. The molecule has 0 aliphatic rings. The maximum atomic E-state index is 13.4. The van der Waals surface area contributed by atoms with E-state index < -0.39 is 23.0 Å². The van der Waals surface area contributed by atoms with Gasteiger partial charge in [0, 0.05) is 0 Å². The number of aryl methyl sites for hydroxylation is 1. The normalized spacial score (nSPS) is 12.2. The van der Waals surface area contributed by atoms with Crippen LogP contribution in [-0.2, 0) is 9.53 Å². The largest absolute Gasteiger partial charge is 0.462 e. The highest BCUT2D eigenvalue weighted by Crippen LogP contribution is 2.18. The first-order valence-electron chi connectivity index (χ1n) is 4.48. The second kappa shape index (κ2) is 4.69. The SMILES string of the molecule is CCOC(=O)C(F)n1cc(C)c([N+](=O)[O-])n1. The van der Waals surface area contributed by atoms with Gasteiger partial charge in [-0.1, -0.05) is 0 Å². The lowest BCUT2D eigenvalue weighted by Gasteiger charge is -2.03. The van der Waals surface area contributed by atoms with E-state index in [0.717, 1.165) is 6.20 Å². The molecule has 0 aliphatic carbocycles. The predicted molar refractivity (Wildman–Crippen MR) is 50.4 cm³/mol. The Bertz CT molecular complexity index is 417. The fourth-order valence-corrected chi connectivity index (χ4v) is 1.09. The molecule has 0 saturated heterocycles. The van der Waals surface area contributed by atoms with Crippen molar-refractivity contribution >= 4 is 11.8 Å². The first-order valence-corrected chi connectivity index (χ1v) is 4.48. The summed E-state index contributed by atoms with van der Waals surface area (Å²) in [5.74, 6) is -1.60. The van der Waals surface area contributed by atoms with Crippen molar-refractivity contribution in [1.82, 2.24) is 9.78 Å². The Morgan fingerprint density at radius 1 is 1.81 bits per heavy atom. The number of halogens is 1. The van der Waals surface area contributed by atoms with Crippen LogP contribution in [0.15, 0.2) is 6.20 Å². The molecular formula is C8H10FN3O4. The summed E-state index contributed by atoms with van der Waals surface area (Å²) in [5, 5.41) is 13.8. The summed E-state index contributed by atoms with van der Waals surface area (Å²) in [6, 6.07) is 0. The zero-order valence-corrected chi connectivity index (χ0v) is 8.71. The van der Waals surface area contributed by atoms with Gasteiger partial charge in [0.25, 0.3) is 0 Å². The molecule has 0 fully saturated rings. The topological polar surface area (TPSA) is 87.3 Å². The predicted octanol–water partition coefficient (Wildman–Crippen LogP) is 1.13. The number of hydrogen-bond acceptors (Lipinski definition) is 5. The van der Waals surface area contributed by atoms with Crippen LogP contribution >= 0.6 is 0 Å². The van der Waals surface area contributed by atoms with E-state index in [0.29, 0.717) is 4.68 Å². The molecule has 1 aromatic rings. The zero-order valence-electron chi connectivity index (χ0n) is 8.71. The highest BCUT2D eigenvalue weighted by molar-refractivity contribution is 5.72. The van der Waals surface area contributed by atoms with Gasteiger partial charge in [0.15, 0.2) is 0 Å². The Kier molecular flexibility index (Phi) is 3.54. The van der Waals surface area contributed by atoms with Crippen LogP contribution in [0.25, 0.3) is 0 Å². The fourth-order valence-electron chi connectivity index (χ4n) is 1.09. The molecule has 0 radical (unpaired) electrons. The van der Waals surface area contributed by atoms with Crippen LogP contribution in [0, 0.1) is 17.0 Å². The number of nitrogens with zero attached hydrogens (tertiary/aromatic N) is 3. The van der Waals surface area contributed by atoms with Crippen LogP contribution in [0.3, 0.4) is 0 Å². The lowest BCUT2D eigenvalue weighted by Crippen LogP contribution is -2.18. The Morgan fingerprint density at radius 2 is 2.44 bits per heavy atom. The van der Waals surface area contributed by atoms with E-state index in [4.69, 9.17) is 0 Å². The number of carbonyl (C=O) groups is 1. The summed E-state index contributed by atoms with van der Waals surface area (Å²) in [5.41, 5.74) is 0.178. The van der Waals surface area contributed by atoms with E-state index in [2.05, 4.69) is 9.84 Å². The van der Waals surface area contributed by atoms with Gasteiger partial charge in [0.05, 0.1) is 23.5 Å². The Balaban J connectivity index is 2.92. The summed E-state index contributed by atoms with van der Waals surface area (Å²) < 4.78 is 18.4. The van der Waals surface area contributed by atoms with Crippen LogP contribution in [0.5, 0.6) is 0 Å². The van der Waals surface area contributed by atoms with E-state index in [1.54, 1.807) is 0 Å². The quantitative estimate of drug-likeness (QED) is 0.440. The first kappa shape index (κ1) is 12.1. The second-order valence-electron chi connectivity index (χ2n) is 2.96. The van der Waals surface area contributed by atoms with Gasteiger partial charge >= 0.3 is 18.1 Å². The maximum absolute atomic E-state index is 13.4. The van der Waals surface area contributed by atoms with Gasteiger partial charge in [0.1, 0.15) is 0 Å². The number of rotatable bonds is 4. The summed E-state index contributed by atoms with van der Waals surface area (Å²) in [6.45, 7) is 2.96. The van der Waals surface area contributed by atoms with E-state index in [9.17, 15) is 19.3 Å². The molecule has 1 unspecified atom stereocenters. The zero-order chi connectivity index (χ0) is 12.3. The molecule has 0 aliphatic heterocycles. The summed E-state index contributed by atoms with van der Waals surface area (Å²) in [4.78, 5) is 20.7. The second-order valence-corrected chi connectivity index (χ2v) is 2.96. The monoisotopic (exact) mass is 231 g/mol. The van der Waals surface area contributed by atoms with Crippen molar-refractivity contribution in [1.29, 1.82) is 0 Å². The van der Waals surface area contributed by atoms with Gasteiger partial charge in [-0.25, -0.2) is 9.18 Å². The molecule has 0 spiro atoms. The van der Waals surface area contributed by atoms with Crippen molar-refractivity contribution in [3.8, 4) is 0 Å². The molecule has 1 atom stereocenters. The van der Waals surface area contributed by atoms with Gasteiger partial charge in [0.2, 0.25) is 0 Å². The molecule has 8 heteroatoms. The standard InChI is InChI=1S/C8H10FN3O4/c1-3-16-8(13)6(9)11-4-5(2)7(10-11)12(14)15/h4,6H,3H2,1-2H3. The minimum Gasteiger partial charge on any atom is -0.462 e. The van der Waals surface area contributed by atoms with Crippen molar-refractivity contribution in [2.75, 3.05) is 6.61 Å². The number of ether oxygens (including phenoxy) is 1. The third kappa shape index (κ3) is 2.33. The number of esters is 1. The molecule has 0 amide bonds. The number of hydrogen-bond donors (Lipinski definition) is 0. The number of alkyl halides is 1. The molecule has 88 valence electrons. The number of nitro groups is 1. The van der Waals surface area contributed by atoms with Crippen molar-refractivity contribution < 1.29 is 18.8 Å². The van der Waals surface area contributed by atoms with Crippen molar-refractivity contribution in [2.24, 2.45) is 0 Å². The Hall–Kier alpha value is -1.99. The smallest absolute Gasteiger partial charge is 0.392 e. The van der Waals surface area contributed by atoms with Gasteiger partial charge in [-0.2, -0.15) is 0 Å². The molecule has 0 aromatic carbocycles. The molecule has 7 nitrogen and oxygen atoms in total. The molecule has 1 rings (SSSR count). The van der Waals surface area contributed by atoms with Crippen molar-refractivity contribution in [2.45, 2.75) is 20.1 Å². The van der Waals surface area contributed by atoms with Crippen LogP contribution in [-0.4, -0.2) is 27.3 Å². The molecule has 16 heavy (non-hydrogen) atoms. The molecule has 1 heterocycles. The highest BCUT2D eigenvalue weighted by Gasteiger charge is 2.28. The van der Waals surface area contributed by atoms with E-state index in [1.807, 2.05) is 0 Å². The maximum Gasteiger partial charge on any atom is 0.392 e. The van der Waals surface area contributed by atoms with Crippen LogP contribution in [0.4, 0.5) is 10.2 Å². The van der Waals surface area contributed by atoms with Gasteiger partial charge < -0.3 is 14.9 Å². The number of aromatic nitrogens is 2. The molecule has 0 bridgehead atoms. The van der Waals surface area contributed by atoms with Gasteiger partial charge in [-0.15, -0.1) is 4.68 Å². The van der Waals surface area contributed by atoms with E-state index >= 15 is 0 Å². The molecule has 1 aromatic heterocycles.